The van der Waals surface area contributed by atoms with E-state index in [1.54, 1.807) is 27.9 Å². The normalized spacial score (nSPS) is 12.4. The molecule has 0 fully saturated rings. The largest absolute Gasteiger partial charge is 0.471 e. The van der Waals surface area contributed by atoms with Gasteiger partial charge in [0.25, 0.3) is 0 Å². The highest BCUT2D eigenvalue weighted by atomic mass is 127. The van der Waals surface area contributed by atoms with E-state index in [9.17, 15) is 26.4 Å². The standard InChI is InChI=1S/C12H8F3IN2O3S/c13-12(14,15)11(19)18-8-3-4-9(22(20,21)6-16)7-2-1-5-17-10(7)8/h1-5H,6H2,(H,18,19). The lowest BCUT2D eigenvalue weighted by Crippen LogP contribution is -2.30. The summed E-state index contributed by atoms with van der Waals surface area (Å²) in [7, 11) is -3.59. The van der Waals surface area contributed by atoms with Gasteiger partial charge in [0.15, 0.2) is 9.84 Å². The molecule has 0 aliphatic carbocycles. The summed E-state index contributed by atoms with van der Waals surface area (Å²) in [5.41, 5.74) is -0.226. The Morgan fingerprint density at radius 1 is 1.27 bits per heavy atom. The fourth-order valence-electron chi connectivity index (χ4n) is 1.77. The summed E-state index contributed by atoms with van der Waals surface area (Å²) in [6, 6.07) is 5.14. The number of aromatic nitrogens is 1. The molecule has 0 atom stereocenters. The lowest BCUT2D eigenvalue weighted by atomic mass is 10.2. The van der Waals surface area contributed by atoms with Crippen LogP contribution in [0, 0.1) is 0 Å². The maximum atomic E-state index is 12.3. The van der Waals surface area contributed by atoms with Gasteiger partial charge in [-0.1, -0.05) is 22.6 Å². The van der Waals surface area contributed by atoms with E-state index < -0.39 is 21.9 Å². The summed E-state index contributed by atoms with van der Waals surface area (Å²) in [6.45, 7) is 0. The number of nitrogens with zero attached hydrogens (tertiary/aromatic N) is 1. The van der Waals surface area contributed by atoms with E-state index in [0.29, 0.717) is 0 Å². The topological polar surface area (TPSA) is 76.1 Å². The van der Waals surface area contributed by atoms with Crippen LogP contribution in [0.4, 0.5) is 18.9 Å². The SMILES string of the molecule is O=C(Nc1ccc(S(=O)(=O)CI)c2cccnc12)C(F)(F)F. The summed E-state index contributed by atoms with van der Waals surface area (Å²) in [4.78, 5) is 14.9. The van der Waals surface area contributed by atoms with Crippen molar-refractivity contribution >= 4 is 54.9 Å². The third kappa shape index (κ3) is 3.32. The quantitative estimate of drug-likeness (QED) is 0.584. The Labute approximate surface area is 137 Å². The van der Waals surface area contributed by atoms with Crippen LogP contribution >= 0.6 is 22.6 Å². The first-order valence-electron chi connectivity index (χ1n) is 5.71. The summed E-state index contributed by atoms with van der Waals surface area (Å²) >= 11 is 1.68. The first-order chi connectivity index (χ1) is 10.2. The molecule has 118 valence electrons. The van der Waals surface area contributed by atoms with E-state index in [0.717, 1.165) is 12.1 Å². The number of fused-ring (bicyclic) bond motifs is 1. The number of amides is 1. The highest BCUT2D eigenvalue weighted by Crippen LogP contribution is 2.30. The van der Waals surface area contributed by atoms with Gasteiger partial charge in [-0.3, -0.25) is 9.78 Å². The van der Waals surface area contributed by atoms with Crippen LogP contribution in [0.25, 0.3) is 10.9 Å². The fourth-order valence-corrected chi connectivity index (χ4v) is 3.67. The van der Waals surface area contributed by atoms with E-state index >= 15 is 0 Å². The molecule has 0 bridgehead atoms. The second-order valence-corrected chi connectivity index (χ2v) is 7.94. The van der Waals surface area contributed by atoms with Gasteiger partial charge in [0, 0.05) is 11.6 Å². The molecule has 0 radical (unpaired) electrons. The van der Waals surface area contributed by atoms with Crippen LogP contribution in [0.3, 0.4) is 0 Å². The van der Waals surface area contributed by atoms with Gasteiger partial charge in [-0.15, -0.1) is 0 Å². The van der Waals surface area contributed by atoms with Crippen LogP contribution in [0.1, 0.15) is 0 Å². The predicted octanol–water partition coefficient (Wildman–Crippen LogP) is 2.90. The fraction of sp³-hybridized carbons (Fsp3) is 0.167. The number of sulfone groups is 1. The monoisotopic (exact) mass is 444 g/mol. The van der Waals surface area contributed by atoms with Gasteiger partial charge >= 0.3 is 12.1 Å². The van der Waals surface area contributed by atoms with E-state index in [4.69, 9.17) is 0 Å². The number of rotatable bonds is 3. The molecule has 0 saturated heterocycles. The van der Waals surface area contributed by atoms with E-state index in [-0.39, 0.29) is 25.2 Å². The lowest BCUT2D eigenvalue weighted by molar-refractivity contribution is -0.167. The number of hydrogen-bond acceptors (Lipinski definition) is 4. The average Bonchev–Trinajstić information content (AvgIpc) is 2.46. The lowest BCUT2D eigenvalue weighted by Gasteiger charge is -2.12. The van der Waals surface area contributed by atoms with Crippen LogP contribution in [0.5, 0.6) is 0 Å². The maximum absolute atomic E-state index is 12.3. The molecule has 0 spiro atoms. The molecule has 5 nitrogen and oxygen atoms in total. The van der Waals surface area contributed by atoms with Gasteiger partial charge in [0.05, 0.1) is 16.1 Å². The van der Waals surface area contributed by atoms with Crippen molar-refractivity contribution in [3.8, 4) is 0 Å². The van der Waals surface area contributed by atoms with Crippen molar-refractivity contribution in [2.24, 2.45) is 0 Å². The minimum atomic E-state index is -5.05. The first-order valence-corrected chi connectivity index (χ1v) is 8.89. The van der Waals surface area contributed by atoms with Crippen LogP contribution in [0.2, 0.25) is 0 Å². The van der Waals surface area contributed by atoms with Crippen molar-refractivity contribution in [3.63, 3.8) is 0 Å². The Morgan fingerprint density at radius 3 is 2.55 bits per heavy atom. The number of anilines is 1. The average molecular weight is 444 g/mol. The third-order valence-corrected chi connectivity index (χ3v) is 6.49. The van der Waals surface area contributed by atoms with Crippen LogP contribution in [-0.2, 0) is 14.6 Å². The first kappa shape index (κ1) is 16.9. The zero-order valence-electron chi connectivity index (χ0n) is 10.7. The van der Waals surface area contributed by atoms with Gasteiger partial charge < -0.3 is 5.32 Å². The molecule has 0 aliphatic heterocycles. The molecular formula is C12H8F3IN2O3S. The number of carbonyl (C=O) groups is 1. The zero-order valence-corrected chi connectivity index (χ0v) is 13.7. The van der Waals surface area contributed by atoms with Gasteiger partial charge in [-0.05, 0) is 24.3 Å². The minimum Gasteiger partial charge on any atom is -0.316 e. The number of halogens is 4. The summed E-state index contributed by atoms with van der Waals surface area (Å²) < 4.78 is 60.8. The molecule has 10 heteroatoms. The smallest absolute Gasteiger partial charge is 0.316 e. The zero-order chi connectivity index (χ0) is 16.5. The van der Waals surface area contributed by atoms with Gasteiger partial charge in [0.2, 0.25) is 0 Å². The second kappa shape index (κ2) is 5.99. The van der Waals surface area contributed by atoms with Crippen molar-refractivity contribution in [1.82, 2.24) is 4.98 Å². The Hall–Kier alpha value is -1.43. The van der Waals surface area contributed by atoms with Crippen molar-refractivity contribution in [2.75, 3.05) is 9.08 Å². The molecule has 1 heterocycles. The Kier molecular flexibility index (Phi) is 4.61. The predicted molar refractivity (Wildman–Crippen MR) is 82.5 cm³/mol. The summed E-state index contributed by atoms with van der Waals surface area (Å²) in [6.07, 6.45) is -3.75. The number of benzene rings is 1. The van der Waals surface area contributed by atoms with Crippen molar-refractivity contribution in [1.29, 1.82) is 0 Å². The molecule has 2 rings (SSSR count). The molecule has 2 aromatic rings. The van der Waals surface area contributed by atoms with Gasteiger partial charge in [-0.2, -0.15) is 13.2 Å². The molecule has 1 aromatic carbocycles. The highest BCUT2D eigenvalue weighted by Gasteiger charge is 2.39. The molecule has 1 aromatic heterocycles. The van der Waals surface area contributed by atoms with E-state index in [1.165, 1.54) is 18.3 Å². The van der Waals surface area contributed by atoms with Gasteiger partial charge in [-0.25, -0.2) is 8.42 Å². The summed E-state index contributed by atoms with van der Waals surface area (Å²) in [5.74, 6) is -2.15. The van der Waals surface area contributed by atoms with E-state index in [2.05, 4.69) is 4.98 Å². The third-order valence-electron chi connectivity index (χ3n) is 2.71. The molecule has 0 aliphatic rings. The number of alkyl halides is 4. The Balaban J connectivity index is 2.62. The van der Waals surface area contributed by atoms with Gasteiger partial charge in [0.1, 0.15) is 3.76 Å². The van der Waals surface area contributed by atoms with Crippen LogP contribution in [0.15, 0.2) is 35.4 Å². The number of carbonyl (C=O) groups excluding carboxylic acids is 1. The van der Waals surface area contributed by atoms with Crippen molar-refractivity contribution in [3.05, 3.63) is 30.5 Å². The number of hydrogen-bond donors (Lipinski definition) is 1. The highest BCUT2D eigenvalue weighted by molar-refractivity contribution is 14.1. The Bertz CT molecular complexity index is 837. The van der Waals surface area contributed by atoms with Crippen molar-refractivity contribution in [2.45, 2.75) is 11.1 Å². The molecule has 0 saturated carbocycles. The minimum absolute atomic E-state index is 0.0222. The molecule has 0 unspecified atom stereocenters. The molecule has 1 N–H and O–H groups in total. The summed E-state index contributed by atoms with van der Waals surface area (Å²) in [5, 5.41) is 1.85. The Morgan fingerprint density at radius 2 is 1.95 bits per heavy atom. The molecular weight excluding hydrogens is 436 g/mol. The van der Waals surface area contributed by atoms with Crippen LogP contribution < -0.4 is 5.32 Å². The molecule has 1 amide bonds. The maximum Gasteiger partial charge on any atom is 0.471 e. The number of nitrogens with one attached hydrogen (secondary N) is 1. The van der Waals surface area contributed by atoms with Crippen LogP contribution in [-0.4, -0.2) is 29.2 Å². The second-order valence-electron chi connectivity index (χ2n) is 4.19. The number of pyridine rings is 1. The molecule has 22 heavy (non-hydrogen) atoms. The van der Waals surface area contributed by atoms with Crippen molar-refractivity contribution < 1.29 is 26.4 Å². The van der Waals surface area contributed by atoms with E-state index in [1.807, 2.05) is 0 Å².